The summed E-state index contributed by atoms with van der Waals surface area (Å²) in [4.78, 5) is 0.409. The van der Waals surface area contributed by atoms with Crippen LogP contribution in [0.1, 0.15) is 55.2 Å². The Labute approximate surface area is 178 Å². The fourth-order valence-corrected chi connectivity index (χ4v) is 6.73. The largest absolute Gasteiger partial charge is 0.508 e. The summed E-state index contributed by atoms with van der Waals surface area (Å²) in [5.74, 6) is 0.789. The van der Waals surface area contributed by atoms with Crippen molar-refractivity contribution >= 4 is 15.7 Å². The molecule has 1 saturated heterocycles. The number of anilines is 1. The molecule has 0 spiro atoms. The van der Waals surface area contributed by atoms with Gasteiger partial charge in [-0.15, -0.1) is 0 Å². The zero-order valence-corrected chi connectivity index (χ0v) is 17.8. The second-order valence-electron chi connectivity index (χ2n) is 8.63. The summed E-state index contributed by atoms with van der Waals surface area (Å²) < 4.78 is 28.3. The molecule has 0 aromatic heterocycles. The number of sulfonamides is 1. The maximum atomic E-state index is 13.3. The third-order valence-electron chi connectivity index (χ3n) is 6.79. The monoisotopic (exact) mass is 424 g/mol. The SMILES string of the molecule is O=S(=O)(c1ccc2c(c1)C1C=CCC1C(c1ccc(O)cc1)N2)N1CCCCCC1. The molecule has 2 aromatic rings. The Morgan fingerprint density at radius 3 is 2.43 bits per heavy atom. The molecule has 6 heteroatoms. The number of benzene rings is 2. The van der Waals surface area contributed by atoms with Gasteiger partial charge in [0.2, 0.25) is 10.0 Å². The van der Waals surface area contributed by atoms with Crippen LogP contribution in [0.5, 0.6) is 5.75 Å². The van der Waals surface area contributed by atoms with Gasteiger partial charge in [-0.2, -0.15) is 4.31 Å². The molecule has 1 fully saturated rings. The number of rotatable bonds is 3. The fourth-order valence-electron chi connectivity index (χ4n) is 5.18. The van der Waals surface area contributed by atoms with Crippen molar-refractivity contribution in [3.63, 3.8) is 0 Å². The second-order valence-corrected chi connectivity index (χ2v) is 10.6. The molecule has 3 aliphatic rings. The minimum Gasteiger partial charge on any atom is -0.508 e. The van der Waals surface area contributed by atoms with Crippen LogP contribution in [0.15, 0.2) is 59.5 Å². The number of phenolic OH excluding ortho intramolecular Hbond substituents is 1. The standard InChI is InChI=1S/C24H28N2O3S/c27-18-10-8-17(9-11-18)24-21-7-5-6-20(21)22-16-19(12-13-23(22)25-24)30(28,29)26-14-3-1-2-4-15-26/h5-6,8-13,16,20-21,24-25,27H,1-4,7,14-15H2. The molecule has 2 aliphatic heterocycles. The first kappa shape index (κ1) is 19.6. The summed E-state index contributed by atoms with van der Waals surface area (Å²) in [7, 11) is -3.46. The first-order chi connectivity index (χ1) is 14.5. The average molecular weight is 425 g/mol. The van der Waals surface area contributed by atoms with Gasteiger partial charge in [0.15, 0.2) is 0 Å². The zero-order chi connectivity index (χ0) is 20.7. The highest BCUT2D eigenvalue weighted by molar-refractivity contribution is 7.89. The van der Waals surface area contributed by atoms with Gasteiger partial charge in [0.1, 0.15) is 5.75 Å². The van der Waals surface area contributed by atoms with E-state index >= 15 is 0 Å². The van der Waals surface area contributed by atoms with Gasteiger partial charge in [0, 0.05) is 24.7 Å². The summed E-state index contributed by atoms with van der Waals surface area (Å²) in [5, 5.41) is 13.3. The van der Waals surface area contributed by atoms with Crippen LogP contribution in [0.2, 0.25) is 0 Å². The van der Waals surface area contributed by atoms with Gasteiger partial charge in [0.25, 0.3) is 0 Å². The number of hydrogen-bond acceptors (Lipinski definition) is 4. The van der Waals surface area contributed by atoms with Crippen LogP contribution in [0.25, 0.3) is 0 Å². The molecule has 5 rings (SSSR count). The van der Waals surface area contributed by atoms with Crippen LogP contribution in [0, 0.1) is 5.92 Å². The van der Waals surface area contributed by atoms with E-state index in [0.717, 1.165) is 48.9 Å². The lowest BCUT2D eigenvalue weighted by atomic mass is 9.77. The van der Waals surface area contributed by atoms with Crippen molar-refractivity contribution in [2.75, 3.05) is 18.4 Å². The van der Waals surface area contributed by atoms with E-state index in [0.29, 0.717) is 23.9 Å². The highest BCUT2D eigenvalue weighted by Crippen LogP contribution is 2.50. The molecule has 2 aromatic carbocycles. The van der Waals surface area contributed by atoms with Gasteiger partial charge in [0.05, 0.1) is 10.9 Å². The number of fused-ring (bicyclic) bond motifs is 3. The molecule has 3 unspecified atom stereocenters. The molecule has 5 nitrogen and oxygen atoms in total. The summed E-state index contributed by atoms with van der Waals surface area (Å²) >= 11 is 0. The van der Waals surface area contributed by atoms with Gasteiger partial charge in [-0.3, -0.25) is 0 Å². The lowest BCUT2D eigenvalue weighted by Gasteiger charge is -2.38. The number of hydrogen-bond donors (Lipinski definition) is 2. The molecule has 0 amide bonds. The van der Waals surface area contributed by atoms with E-state index in [1.54, 1.807) is 22.5 Å². The smallest absolute Gasteiger partial charge is 0.243 e. The van der Waals surface area contributed by atoms with Crippen molar-refractivity contribution in [2.24, 2.45) is 5.92 Å². The summed E-state index contributed by atoms with van der Waals surface area (Å²) in [6.45, 7) is 1.24. The predicted octanol–water partition coefficient (Wildman–Crippen LogP) is 4.78. The van der Waals surface area contributed by atoms with Gasteiger partial charge in [-0.1, -0.05) is 37.1 Å². The van der Waals surface area contributed by atoms with Crippen molar-refractivity contribution < 1.29 is 13.5 Å². The lowest BCUT2D eigenvalue weighted by Crippen LogP contribution is -2.33. The zero-order valence-electron chi connectivity index (χ0n) is 17.0. The molecule has 158 valence electrons. The minimum absolute atomic E-state index is 0.131. The van der Waals surface area contributed by atoms with E-state index < -0.39 is 10.0 Å². The molecule has 2 heterocycles. The van der Waals surface area contributed by atoms with E-state index in [1.807, 2.05) is 24.3 Å². The molecule has 30 heavy (non-hydrogen) atoms. The Hall–Kier alpha value is -2.31. The topological polar surface area (TPSA) is 69.6 Å². The third-order valence-corrected chi connectivity index (χ3v) is 8.68. The van der Waals surface area contributed by atoms with Gasteiger partial charge in [-0.05, 0) is 66.6 Å². The van der Waals surface area contributed by atoms with Crippen LogP contribution in [-0.4, -0.2) is 30.9 Å². The quantitative estimate of drug-likeness (QED) is 0.696. The van der Waals surface area contributed by atoms with Crippen LogP contribution >= 0.6 is 0 Å². The molecule has 0 saturated carbocycles. The minimum atomic E-state index is -3.46. The van der Waals surface area contributed by atoms with E-state index in [2.05, 4.69) is 17.5 Å². The van der Waals surface area contributed by atoms with Gasteiger partial charge < -0.3 is 10.4 Å². The number of phenols is 1. The van der Waals surface area contributed by atoms with Crippen molar-refractivity contribution in [3.05, 3.63) is 65.7 Å². The van der Waals surface area contributed by atoms with Gasteiger partial charge in [-0.25, -0.2) is 8.42 Å². The highest BCUT2D eigenvalue weighted by Gasteiger charge is 2.38. The third kappa shape index (κ3) is 3.42. The van der Waals surface area contributed by atoms with Crippen LogP contribution in [0.3, 0.4) is 0 Å². The number of nitrogens with zero attached hydrogens (tertiary/aromatic N) is 1. The average Bonchev–Trinajstić information content (AvgIpc) is 3.08. The normalized spacial score (nSPS) is 26.5. The highest BCUT2D eigenvalue weighted by atomic mass is 32.2. The summed E-state index contributed by atoms with van der Waals surface area (Å²) in [5.41, 5.74) is 3.20. The number of nitrogens with one attached hydrogen (secondary N) is 1. The van der Waals surface area contributed by atoms with Crippen molar-refractivity contribution in [2.45, 2.75) is 49.0 Å². The summed E-state index contributed by atoms with van der Waals surface area (Å²) in [6.07, 6.45) is 9.46. The van der Waals surface area contributed by atoms with Gasteiger partial charge >= 0.3 is 0 Å². The van der Waals surface area contributed by atoms with Crippen molar-refractivity contribution in [1.82, 2.24) is 4.31 Å². The van der Waals surface area contributed by atoms with Crippen molar-refractivity contribution in [1.29, 1.82) is 0 Å². The molecular formula is C24H28N2O3S. The van der Waals surface area contributed by atoms with Crippen LogP contribution < -0.4 is 5.32 Å². The van der Waals surface area contributed by atoms with Crippen LogP contribution in [-0.2, 0) is 10.0 Å². The van der Waals surface area contributed by atoms with E-state index in [4.69, 9.17) is 0 Å². The van der Waals surface area contributed by atoms with E-state index in [1.165, 1.54) is 0 Å². The van der Waals surface area contributed by atoms with E-state index in [9.17, 15) is 13.5 Å². The lowest BCUT2D eigenvalue weighted by molar-refractivity contribution is 0.419. The number of aromatic hydroxyl groups is 1. The van der Waals surface area contributed by atoms with E-state index in [-0.39, 0.29) is 17.7 Å². The maximum absolute atomic E-state index is 13.3. The first-order valence-corrected chi connectivity index (χ1v) is 12.3. The second kappa shape index (κ2) is 7.75. The fraction of sp³-hybridized carbons (Fsp3) is 0.417. The maximum Gasteiger partial charge on any atom is 0.243 e. The first-order valence-electron chi connectivity index (χ1n) is 10.9. The molecule has 1 aliphatic carbocycles. The Morgan fingerprint density at radius 1 is 0.967 bits per heavy atom. The predicted molar refractivity (Wildman–Crippen MR) is 118 cm³/mol. The number of allylic oxidation sites excluding steroid dienone is 2. The molecule has 2 N–H and O–H groups in total. The Bertz CT molecular complexity index is 1050. The Kier molecular flexibility index (Phi) is 5.07. The molecular weight excluding hydrogens is 396 g/mol. The molecule has 0 bridgehead atoms. The summed E-state index contributed by atoms with van der Waals surface area (Å²) in [6, 6.07) is 13.1. The Morgan fingerprint density at radius 2 is 1.70 bits per heavy atom. The molecule has 0 radical (unpaired) electrons. The van der Waals surface area contributed by atoms with Crippen LogP contribution in [0.4, 0.5) is 5.69 Å². The molecule has 3 atom stereocenters. The Balaban J connectivity index is 1.49. The van der Waals surface area contributed by atoms with Crippen molar-refractivity contribution in [3.8, 4) is 5.75 Å².